The fourth-order valence-electron chi connectivity index (χ4n) is 2.61. The lowest BCUT2D eigenvalue weighted by Crippen LogP contribution is -2.20. The minimum absolute atomic E-state index is 0.203. The zero-order valence-corrected chi connectivity index (χ0v) is 18.1. The number of hydrogen-bond donors (Lipinski definition) is 1. The van der Waals surface area contributed by atoms with E-state index in [0.717, 1.165) is 21.6 Å². The number of halogens is 3. The summed E-state index contributed by atoms with van der Waals surface area (Å²) in [6, 6.07) is 11.0. The van der Waals surface area contributed by atoms with Gasteiger partial charge < -0.3 is 4.74 Å². The van der Waals surface area contributed by atoms with Crippen molar-refractivity contribution in [2.75, 3.05) is 11.9 Å². The standard InChI is InChI=1S/C20H11Cl2FN2O3S2/c21-11-3-6-13-15(7-11)30-18(17(13)22)19(27)28-8-16(26)25-20-24-14(9-29-20)10-1-4-12(23)5-2-10/h1-7,9H,8H2,(H,24,25,26). The third-order valence-electron chi connectivity index (χ3n) is 4.00. The Balaban J connectivity index is 1.38. The first-order valence-electron chi connectivity index (χ1n) is 8.46. The minimum atomic E-state index is -0.696. The van der Waals surface area contributed by atoms with Crippen molar-refractivity contribution in [3.8, 4) is 11.3 Å². The van der Waals surface area contributed by atoms with E-state index in [1.54, 1.807) is 35.7 Å². The molecule has 0 aliphatic heterocycles. The monoisotopic (exact) mass is 480 g/mol. The first-order valence-corrected chi connectivity index (χ1v) is 10.9. The molecule has 0 radical (unpaired) electrons. The van der Waals surface area contributed by atoms with Crippen LogP contribution >= 0.6 is 45.9 Å². The molecule has 2 aromatic heterocycles. The first-order chi connectivity index (χ1) is 14.4. The molecule has 2 aromatic carbocycles. The summed E-state index contributed by atoms with van der Waals surface area (Å²) in [5.74, 6) is -1.58. The normalized spacial score (nSPS) is 10.9. The van der Waals surface area contributed by atoms with Gasteiger partial charge in [0.1, 0.15) is 10.7 Å². The van der Waals surface area contributed by atoms with Gasteiger partial charge in [-0.25, -0.2) is 14.2 Å². The molecule has 152 valence electrons. The van der Waals surface area contributed by atoms with Gasteiger partial charge in [-0.05, 0) is 36.4 Å². The number of nitrogens with zero attached hydrogens (tertiary/aromatic N) is 1. The number of esters is 1. The summed E-state index contributed by atoms with van der Waals surface area (Å²) in [6.45, 7) is -0.490. The van der Waals surface area contributed by atoms with Gasteiger partial charge in [-0.2, -0.15) is 0 Å². The maximum absolute atomic E-state index is 13.0. The van der Waals surface area contributed by atoms with Crippen molar-refractivity contribution in [3.05, 3.63) is 68.6 Å². The van der Waals surface area contributed by atoms with Crippen molar-refractivity contribution < 1.29 is 18.7 Å². The molecule has 0 fully saturated rings. The summed E-state index contributed by atoms with van der Waals surface area (Å²) >= 11 is 14.6. The highest BCUT2D eigenvalue weighted by Gasteiger charge is 2.20. The Kier molecular flexibility index (Phi) is 6.01. The average Bonchev–Trinajstić information content (AvgIpc) is 3.31. The molecule has 5 nitrogen and oxygen atoms in total. The molecule has 0 saturated heterocycles. The van der Waals surface area contributed by atoms with Crippen LogP contribution in [0, 0.1) is 5.82 Å². The van der Waals surface area contributed by atoms with Gasteiger partial charge in [-0.3, -0.25) is 10.1 Å². The Morgan fingerprint density at radius 3 is 2.67 bits per heavy atom. The second kappa shape index (κ2) is 8.69. The van der Waals surface area contributed by atoms with Crippen molar-refractivity contribution in [2.24, 2.45) is 0 Å². The molecule has 0 aliphatic rings. The molecule has 30 heavy (non-hydrogen) atoms. The molecule has 0 atom stereocenters. The molecule has 0 unspecified atom stereocenters. The van der Waals surface area contributed by atoms with Crippen molar-refractivity contribution >= 4 is 73.0 Å². The van der Waals surface area contributed by atoms with Crippen LogP contribution in [0.2, 0.25) is 10.0 Å². The van der Waals surface area contributed by atoms with E-state index in [0.29, 0.717) is 21.2 Å². The van der Waals surface area contributed by atoms with Gasteiger partial charge in [0.2, 0.25) is 0 Å². The largest absolute Gasteiger partial charge is 0.451 e. The summed E-state index contributed by atoms with van der Waals surface area (Å²) in [5, 5.41) is 6.13. The molecule has 4 aromatic rings. The molecule has 4 rings (SSSR count). The lowest BCUT2D eigenvalue weighted by atomic mass is 10.2. The van der Waals surface area contributed by atoms with Crippen LogP contribution in [0.4, 0.5) is 9.52 Å². The van der Waals surface area contributed by atoms with Gasteiger partial charge in [0.15, 0.2) is 11.7 Å². The quantitative estimate of drug-likeness (QED) is 0.342. The average molecular weight is 481 g/mol. The van der Waals surface area contributed by atoms with E-state index in [4.69, 9.17) is 27.9 Å². The molecule has 0 aliphatic carbocycles. The highest BCUT2D eigenvalue weighted by atomic mass is 35.5. The molecule has 1 N–H and O–H groups in total. The molecular formula is C20H11Cl2FN2O3S2. The molecule has 10 heteroatoms. The van der Waals surface area contributed by atoms with Crippen LogP contribution in [0.3, 0.4) is 0 Å². The van der Waals surface area contributed by atoms with E-state index < -0.39 is 18.5 Å². The SMILES string of the molecule is O=C(COC(=O)c1sc2cc(Cl)ccc2c1Cl)Nc1nc(-c2ccc(F)cc2)cs1. The predicted molar refractivity (Wildman–Crippen MR) is 118 cm³/mol. The number of ether oxygens (including phenoxy) is 1. The summed E-state index contributed by atoms with van der Waals surface area (Å²) in [4.78, 5) is 28.9. The zero-order valence-electron chi connectivity index (χ0n) is 14.9. The van der Waals surface area contributed by atoms with Crippen LogP contribution in [0.25, 0.3) is 21.3 Å². The number of anilines is 1. The third-order valence-corrected chi connectivity index (χ3v) is 6.63. The Labute approximate surface area is 188 Å². The lowest BCUT2D eigenvalue weighted by Gasteiger charge is -2.03. The maximum Gasteiger partial charge on any atom is 0.350 e. The van der Waals surface area contributed by atoms with Gasteiger partial charge in [0.05, 0.1) is 10.7 Å². The van der Waals surface area contributed by atoms with Gasteiger partial charge in [-0.15, -0.1) is 22.7 Å². The molecule has 1 amide bonds. The van der Waals surface area contributed by atoms with E-state index in [2.05, 4.69) is 10.3 Å². The summed E-state index contributed by atoms with van der Waals surface area (Å²) in [6.07, 6.45) is 0. The molecule has 2 heterocycles. The van der Waals surface area contributed by atoms with Crippen molar-refractivity contribution in [2.45, 2.75) is 0 Å². The Morgan fingerprint density at radius 2 is 1.90 bits per heavy atom. The smallest absolute Gasteiger partial charge is 0.350 e. The number of rotatable bonds is 5. The minimum Gasteiger partial charge on any atom is -0.451 e. The number of thiazole rings is 1. The number of nitrogens with one attached hydrogen (secondary N) is 1. The molecule has 0 spiro atoms. The summed E-state index contributed by atoms with van der Waals surface area (Å²) < 4.78 is 18.9. The van der Waals surface area contributed by atoms with E-state index >= 15 is 0 Å². The van der Waals surface area contributed by atoms with Gasteiger partial charge in [0, 0.05) is 26.1 Å². The van der Waals surface area contributed by atoms with Gasteiger partial charge in [0.25, 0.3) is 5.91 Å². The van der Waals surface area contributed by atoms with Crippen LogP contribution in [-0.2, 0) is 9.53 Å². The first kappa shape index (κ1) is 20.7. The van der Waals surface area contributed by atoms with Crippen LogP contribution in [0.15, 0.2) is 47.8 Å². The van der Waals surface area contributed by atoms with Crippen molar-refractivity contribution in [1.29, 1.82) is 0 Å². The number of amides is 1. The van der Waals surface area contributed by atoms with Crippen LogP contribution in [0.1, 0.15) is 9.67 Å². The number of hydrogen-bond acceptors (Lipinski definition) is 6. The predicted octanol–water partition coefficient (Wildman–Crippen LogP) is 6.27. The fraction of sp³-hybridized carbons (Fsp3) is 0.0500. The van der Waals surface area contributed by atoms with Gasteiger partial charge in [-0.1, -0.05) is 29.3 Å². The highest BCUT2D eigenvalue weighted by molar-refractivity contribution is 7.21. The Bertz CT molecular complexity index is 1250. The van der Waals surface area contributed by atoms with E-state index in [-0.39, 0.29) is 15.7 Å². The van der Waals surface area contributed by atoms with Gasteiger partial charge >= 0.3 is 5.97 Å². The number of fused-ring (bicyclic) bond motifs is 1. The number of carbonyl (C=O) groups is 2. The second-order valence-corrected chi connectivity index (χ2v) is 8.78. The number of benzene rings is 2. The van der Waals surface area contributed by atoms with Crippen LogP contribution in [-0.4, -0.2) is 23.5 Å². The molecule has 0 saturated carbocycles. The van der Waals surface area contributed by atoms with E-state index in [1.807, 2.05) is 0 Å². The maximum atomic E-state index is 13.0. The third kappa shape index (κ3) is 4.46. The topological polar surface area (TPSA) is 68.3 Å². The van der Waals surface area contributed by atoms with E-state index in [9.17, 15) is 14.0 Å². The summed E-state index contributed by atoms with van der Waals surface area (Å²) in [5.41, 5.74) is 1.32. The molecule has 0 bridgehead atoms. The lowest BCUT2D eigenvalue weighted by molar-refractivity contribution is -0.119. The van der Waals surface area contributed by atoms with Crippen LogP contribution < -0.4 is 5.32 Å². The highest BCUT2D eigenvalue weighted by Crippen LogP contribution is 2.37. The molecular weight excluding hydrogens is 470 g/mol. The van der Waals surface area contributed by atoms with E-state index in [1.165, 1.54) is 23.5 Å². The van der Waals surface area contributed by atoms with Crippen molar-refractivity contribution in [3.63, 3.8) is 0 Å². The number of thiophene rings is 1. The zero-order chi connectivity index (χ0) is 21.3. The Morgan fingerprint density at radius 1 is 1.13 bits per heavy atom. The number of aromatic nitrogens is 1. The fourth-order valence-corrected chi connectivity index (χ4v) is 5.02. The van der Waals surface area contributed by atoms with Crippen LogP contribution in [0.5, 0.6) is 0 Å². The summed E-state index contributed by atoms with van der Waals surface area (Å²) in [7, 11) is 0. The van der Waals surface area contributed by atoms with Crippen molar-refractivity contribution in [1.82, 2.24) is 4.98 Å². The number of carbonyl (C=O) groups excluding carboxylic acids is 2. The Hall–Kier alpha value is -2.52. The second-order valence-electron chi connectivity index (χ2n) is 6.05.